The van der Waals surface area contributed by atoms with Gasteiger partial charge in [-0.3, -0.25) is 14.3 Å². The quantitative estimate of drug-likeness (QED) is 0.696. The third kappa shape index (κ3) is 3.92. The third-order valence-corrected chi connectivity index (χ3v) is 2.37. The molecular weight excluding hydrogens is 206 g/mol. The summed E-state index contributed by atoms with van der Waals surface area (Å²) >= 11 is 0. The van der Waals surface area contributed by atoms with Gasteiger partial charge in [-0.05, 0) is 0 Å². The minimum Gasteiger partial charge on any atom is -0.300 e. The van der Waals surface area contributed by atoms with Crippen LogP contribution in [0.3, 0.4) is 0 Å². The summed E-state index contributed by atoms with van der Waals surface area (Å²) in [5, 5.41) is 7.76. The average Bonchev–Trinajstić information content (AvgIpc) is 2.73. The Morgan fingerprint density at radius 1 is 1.25 bits per heavy atom. The van der Waals surface area contributed by atoms with E-state index in [2.05, 4.69) is 10.3 Å². The van der Waals surface area contributed by atoms with Gasteiger partial charge in [0, 0.05) is 32.0 Å². The molecule has 16 heavy (non-hydrogen) atoms. The summed E-state index contributed by atoms with van der Waals surface area (Å²) in [4.78, 5) is 22.3. The van der Waals surface area contributed by atoms with Crippen molar-refractivity contribution in [3.8, 4) is 0 Å². The molecule has 0 aliphatic heterocycles. The summed E-state index contributed by atoms with van der Waals surface area (Å²) in [7, 11) is 0. The molecule has 0 aliphatic carbocycles. The molecule has 0 bridgehead atoms. The molecule has 0 amide bonds. The molecule has 0 aliphatic rings. The van der Waals surface area contributed by atoms with Crippen molar-refractivity contribution >= 4 is 11.6 Å². The van der Waals surface area contributed by atoms with Crippen molar-refractivity contribution in [3.05, 3.63) is 11.9 Å². The van der Waals surface area contributed by atoms with Crippen molar-refractivity contribution in [1.82, 2.24) is 15.0 Å². The lowest BCUT2D eigenvalue weighted by molar-refractivity contribution is -0.119. The summed E-state index contributed by atoms with van der Waals surface area (Å²) in [6.07, 6.45) is 3.60. The van der Waals surface area contributed by atoms with E-state index in [-0.39, 0.29) is 11.6 Å². The normalized spacial score (nSPS) is 10.4. The lowest BCUT2D eigenvalue weighted by Crippen LogP contribution is -2.05. The molecule has 0 N–H and O–H groups in total. The van der Waals surface area contributed by atoms with Gasteiger partial charge in [-0.25, -0.2) is 0 Å². The van der Waals surface area contributed by atoms with Crippen molar-refractivity contribution < 1.29 is 9.59 Å². The first-order chi connectivity index (χ1) is 7.65. The summed E-state index contributed by atoms with van der Waals surface area (Å²) in [6, 6.07) is 0. The first-order valence-corrected chi connectivity index (χ1v) is 5.58. The maximum absolute atomic E-state index is 11.2. The number of aryl methyl sites for hydroxylation is 1. The summed E-state index contributed by atoms with van der Waals surface area (Å²) in [5.41, 5.74) is 0.677. The van der Waals surface area contributed by atoms with E-state index in [9.17, 15) is 9.59 Å². The first-order valence-electron chi connectivity index (χ1n) is 5.58. The predicted octanol–water partition coefficient (Wildman–Crippen LogP) is 1.17. The van der Waals surface area contributed by atoms with Crippen molar-refractivity contribution in [2.75, 3.05) is 0 Å². The van der Waals surface area contributed by atoms with Gasteiger partial charge in [0.05, 0.1) is 12.1 Å². The monoisotopic (exact) mass is 223 g/mol. The van der Waals surface area contributed by atoms with Gasteiger partial charge in [0.1, 0.15) is 11.6 Å². The van der Waals surface area contributed by atoms with E-state index in [1.165, 1.54) is 0 Å². The topological polar surface area (TPSA) is 64.8 Å². The largest absolute Gasteiger partial charge is 0.300 e. The number of carbonyl (C=O) groups excluding carboxylic acids is 2. The van der Waals surface area contributed by atoms with Gasteiger partial charge in [-0.15, -0.1) is 5.10 Å². The van der Waals surface area contributed by atoms with E-state index in [4.69, 9.17) is 0 Å². The highest BCUT2D eigenvalue weighted by Gasteiger charge is 2.06. The van der Waals surface area contributed by atoms with Crippen LogP contribution in [0.25, 0.3) is 0 Å². The molecule has 1 aromatic heterocycles. The predicted molar refractivity (Wildman–Crippen MR) is 58.9 cm³/mol. The fourth-order valence-corrected chi connectivity index (χ4v) is 1.27. The molecule has 0 fully saturated rings. The second-order valence-electron chi connectivity index (χ2n) is 3.68. The van der Waals surface area contributed by atoms with Crippen LogP contribution in [0.5, 0.6) is 0 Å². The minimum atomic E-state index is 0.150. The minimum absolute atomic E-state index is 0.150. The molecule has 0 atom stereocenters. The number of nitrogens with zero attached hydrogens (tertiary/aromatic N) is 3. The van der Waals surface area contributed by atoms with E-state index in [0.29, 0.717) is 37.9 Å². The lowest BCUT2D eigenvalue weighted by Gasteiger charge is -1.97. The number of hydrogen-bond donors (Lipinski definition) is 0. The van der Waals surface area contributed by atoms with Crippen LogP contribution >= 0.6 is 0 Å². The Hall–Kier alpha value is -1.52. The second kappa shape index (κ2) is 6.15. The van der Waals surface area contributed by atoms with E-state index in [1.54, 1.807) is 10.9 Å². The van der Waals surface area contributed by atoms with Crippen LogP contribution in [-0.2, 0) is 22.6 Å². The van der Waals surface area contributed by atoms with Crippen LogP contribution < -0.4 is 0 Å². The number of hydrogen-bond acceptors (Lipinski definition) is 4. The fourth-order valence-electron chi connectivity index (χ4n) is 1.27. The van der Waals surface area contributed by atoms with E-state index >= 15 is 0 Å². The molecule has 0 radical (unpaired) electrons. The standard InChI is InChI=1S/C11H17N3O2/c1-3-10(15)5-6-14-8-9(12-13-14)7-11(16)4-2/h8H,3-7H2,1-2H3. The highest BCUT2D eigenvalue weighted by atomic mass is 16.1. The molecule has 1 heterocycles. The van der Waals surface area contributed by atoms with Gasteiger partial charge >= 0.3 is 0 Å². The molecule has 0 saturated heterocycles. The summed E-state index contributed by atoms with van der Waals surface area (Å²) in [6.45, 7) is 4.21. The van der Waals surface area contributed by atoms with Crippen LogP contribution in [0.2, 0.25) is 0 Å². The Balaban J connectivity index is 2.45. The first kappa shape index (κ1) is 12.5. The van der Waals surface area contributed by atoms with E-state index in [0.717, 1.165) is 0 Å². The zero-order valence-electron chi connectivity index (χ0n) is 9.77. The fraction of sp³-hybridized carbons (Fsp3) is 0.636. The van der Waals surface area contributed by atoms with Gasteiger partial charge in [-0.1, -0.05) is 19.1 Å². The van der Waals surface area contributed by atoms with Crippen molar-refractivity contribution in [3.63, 3.8) is 0 Å². The molecule has 0 saturated carbocycles. The zero-order chi connectivity index (χ0) is 12.0. The van der Waals surface area contributed by atoms with Crippen LogP contribution in [0.15, 0.2) is 6.20 Å². The molecule has 88 valence electrons. The van der Waals surface area contributed by atoms with Crippen LogP contribution in [-0.4, -0.2) is 26.6 Å². The zero-order valence-corrected chi connectivity index (χ0v) is 9.77. The summed E-state index contributed by atoms with van der Waals surface area (Å²) < 4.78 is 1.62. The SMILES string of the molecule is CCC(=O)CCn1cc(CC(=O)CC)nn1. The summed E-state index contributed by atoms with van der Waals surface area (Å²) in [5.74, 6) is 0.360. The van der Waals surface area contributed by atoms with E-state index in [1.807, 2.05) is 13.8 Å². The number of ketones is 2. The highest BCUT2D eigenvalue weighted by molar-refractivity contribution is 5.80. The second-order valence-corrected chi connectivity index (χ2v) is 3.68. The molecule has 5 heteroatoms. The van der Waals surface area contributed by atoms with Crippen LogP contribution in [0, 0.1) is 0 Å². The lowest BCUT2D eigenvalue weighted by atomic mass is 10.2. The molecule has 1 aromatic rings. The van der Waals surface area contributed by atoms with Crippen molar-refractivity contribution in [1.29, 1.82) is 0 Å². The highest BCUT2D eigenvalue weighted by Crippen LogP contribution is 1.99. The molecule has 5 nitrogen and oxygen atoms in total. The third-order valence-electron chi connectivity index (χ3n) is 2.37. The Morgan fingerprint density at radius 2 is 1.94 bits per heavy atom. The van der Waals surface area contributed by atoms with Crippen LogP contribution in [0.4, 0.5) is 0 Å². The molecular formula is C11H17N3O2. The van der Waals surface area contributed by atoms with Gasteiger partial charge < -0.3 is 0 Å². The van der Waals surface area contributed by atoms with Crippen LogP contribution in [0.1, 0.15) is 38.8 Å². The Kier molecular flexibility index (Phi) is 4.82. The Labute approximate surface area is 94.8 Å². The smallest absolute Gasteiger partial charge is 0.138 e. The van der Waals surface area contributed by atoms with Gasteiger partial charge in [-0.2, -0.15) is 0 Å². The van der Waals surface area contributed by atoms with Crippen molar-refractivity contribution in [2.24, 2.45) is 0 Å². The molecule has 0 spiro atoms. The Bertz CT molecular complexity index is 371. The van der Waals surface area contributed by atoms with Gasteiger partial charge in [0.2, 0.25) is 0 Å². The number of aromatic nitrogens is 3. The van der Waals surface area contributed by atoms with Gasteiger partial charge in [0.25, 0.3) is 0 Å². The number of Topliss-reactive ketones (excluding diaryl/α,β-unsaturated/α-hetero) is 2. The average molecular weight is 223 g/mol. The molecule has 0 unspecified atom stereocenters. The maximum Gasteiger partial charge on any atom is 0.138 e. The molecule has 1 rings (SSSR count). The Morgan fingerprint density at radius 3 is 2.56 bits per heavy atom. The van der Waals surface area contributed by atoms with Gasteiger partial charge in [0.15, 0.2) is 0 Å². The number of carbonyl (C=O) groups is 2. The number of rotatable bonds is 7. The van der Waals surface area contributed by atoms with E-state index < -0.39 is 0 Å². The molecule has 0 aromatic carbocycles. The maximum atomic E-state index is 11.2. The van der Waals surface area contributed by atoms with Crippen molar-refractivity contribution in [2.45, 2.75) is 46.1 Å².